The van der Waals surface area contributed by atoms with Crippen LogP contribution in [-0.2, 0) is 17.9 Å². The number of benzene rings is 2. The number of hydrogen-bond acceptors (Lipinski definition) is 6. The number of aromatic nitrogens is 3. The first-order chi connectivity index (χ1) is 13.5. The van der Waals surface area contributed by atoms with E-state index in [4.69, 9.17) is 10.6 Å². The van der Waals surface area contributed by atoms with E-state index < -0.39 is 0 Å². The van der Waals surface area contributed by atoms with Gasteiger partial charge >= 0.3 is 0 Å². The number of aryl methyl sites for hydroxylation is 2. The molecule has 3 aromatic rings. The number of nitrogens with zero attached hydrogens (tertiary/aromatic N) is 3. The van der Waals surface area contributed by atoms with Gasteiger partial charge < -0.3 is 15.9 Å². The summed E-state index contributed by atoms with van der Waals surface area (Å²) in [4.78, 5) is 12.0. The number of carbonyl (C=O) groups excluding carboxylic acids is 1. The van der Waals surface area contributed by atoms with Crippen molar-refractivity contribution in [1.29, 1.82) is 0 Å². The van der Waals surface area contributed by atoms with Crippen LogP contribution in [0.3, 0.4) is 0 Å². The lowest BCUT2D eigenvalue weighted by molar-refractivity contribution is -0.118. The van der Waals surface area contributed by atoms with Crippen molar-refractivity contribution in [3.8, 4) is 5.75 Å². The van der Waals surface area contributed by atoms with Gasteiger partial charge in [-0.2, -0.15) is 0 Å². The molecule has 0 saturated carbocycles. The van der Waals surface area contributed by atoms with E-state index in [1.807, 2.05) is 62.4 Å². The van der Waals surface area contributed by atoms with Gasteiger partial charge in [0.2, 0.25) is 11.1 Å². The predicted octanol–water partition coefficient (Wildman–Crippen LogP) is 2.60. The van der Waals surface area contributed by atoms with Gasteiger partial charge in [0.05, 0.1) is 5.75 Å². The third-order valence-corrected chi connectivity index (χ3v) is 5.10. The summed E-state index contributed by atoms with van der Waals surface area (Å²) in [7, 11) is 0. The second-order valence-corrected chi connectivity index (χ2v) is 7.27. The molecule has 0 radical (unpaired) electrons. The third kappa shape index (κ3) is 5.04. The lowest BCUT2D eigenvalue weighted by Crippen LogP contribution is -2.25. The highest BCUT2D eigenvalue weighted by Crippen LogP contribution is 2.23. The zero-order chi connectivity index (χ0) is 19.9. The summed E-state index contributed by atoms with van der Waals surface area (Å²) in [5, 5.41) is 11.5. The Bertz CT molecular complexity index is 923. The predicted molar refractivity (Wildman–Crippen MR) is 109 cm³/mol. The Hall–Kier alpha value is -3.00. The van der Waals surface area contributed by atoms with Crippen LogP contribution < -0.4 is 15.9 Å². The van der Waals surface area contributed by atoms with Crippen LogP contribution in [0, 0.1) is 13.8 Å². The summed E-state index contributed by atoms with van der Waals surface area (Å²) in [5.74, 6) is 7.48. The summed E-state index contributed by atoms with van der Waals surface area (Å²) in [6, 6.07) is 15.7. The molecule has 0 aliphatic heterocycles. The molecule has 0 aliphatic rings. The van der Waals surface area contributed by atoms with E-state index in [0.717, 1.165) is 22.4 Å². The average Bonchev–Trinajstić information content (AvgIpc) is 3.05. The van der Waals surface area contributed by atoms with Crippen LogP contribution in [0.5, 0.6) is 5.75 Å². The molecule has 1 heterocycles. The fourth-order valence-electron chi connectivity index (χ4n) is 2.65. The van der Waals surface area contributed by atoms with Gasteiger partial charge in [0, 0.05) is 6.54 Å². The van der Waals surface area contributed by atoms with E-state index in [1.165, 1.54) is 16.4 Å². The first-order valence-corrected chi connectivity index (χ1v) is 9.85. The third-order valence-electron chi connectivity index (χ3n) is 4.15. The van der Waals surface area contributed by atoms with Crippen molar-refractivity contribution in [2.75, 3.05) is 11.6 Å². The maximum atomic E-state index is 12.0. The van der Waals surface area contributed by atoms with E-state index in [1.54, 1.807) is 0 Å². The van der Waals surface area contributed by atoms with E-state index in [2.05, 4.69) is 15.5 Å². The van der Waals surface area contributed by atoms with Crippen LogP contribution in [0.4, 0.5) is 0 Å². The molecule has 28 heavy (non-hydrogen) atoms. The van der Waals surface area contributed by atoms with Gasteiger partial charge in [-0.05, 0) is 30.5 Å². The molecule has 1 amide bonds. The average molecular weight is 398 g/mol. The Morgan fingerprint density at radius 3 is 2.54 bits per heavy atom. The molecule has 0 unspecified atom stereocenters. The summed E-state index contributed by atoms with van der Waals surface area (Å²) in [6.07, 6.45) is 0. The minimum Gasteiger partial charge on any atom is -0.485 e. The number of ether oxygens (including phenoxy) is 1. The van der Waals surface area contributed by atoms with E-state index >= 15 is 0 Å². The highest BCUT2D eigenvalue weighted by Gasteiger charge is 2.14. The number of hydrogen-bond donors (Lipinski definition) is 2. The van der Waals surface area contributed by atoms with Crippen LogP contribution in [0.15, 0.2) is 53.7 Å². The zero-order valence-corrected chi connectivity index (χ0v) is 16.7. The summed E-state index contributed by atoms with van der Waals surface area (Å²) in [6.45, 7) is 4.68. The lowest BCUT2D eigenvalue weighted by Gasteiger charge is -2.11. The SMILES string of the molecule is Cc1cccc(C)c1OCc1nnc(SCC(=O)NCc2ccccc2)n1N. The fourth-order valence-corrected chi connectivity index (χ4v) is 3.35. The zero-order valence-electron chi connectivity index (χ0n) is 15.9. The second kappa shape index (κ2) is 9.27. The molecule has 8 heteroatoms. The largest absolute Gasteiger partial charge is 0.485 e. The molecule has 0 spiro atoms. The van der Waals surface area contributed by atoms with Gasteiger partial charge in [-0.15, -0.1) is 10.2 Å². The van der Waals surface area contributed by atoms with Crippen LogP contribution in [-0.4, -0.2) is 26.5 Å². The summed E-state index contributed by atoms with van der Waals surface area (Å²) < 4.78 is 7.23. The van der Waals surface area contributed by atoms with Crippen molar-refractivity contribution in [3.63, 3.8) is 0 Å². The molecule has 0 bridgehead atoms. The summed E-state index contributed by atoms with van der Waals surface area (Å²) >= 11 is 1.24. The van der Waals surface area contributed by atoms with Gasteiger partial charge in [0.25, 0.3) is 0 Å². The van der Waals surface area contributed by atoms with Crippen LogP contribution in [0.25, 0.3) is 0 Å². The molecule has 7 nitrogen and oxygen atoms in total. The molecule has 1 aromatic heterocycles. The Labute approximate surface area is 168 Å². The molecule has 0 fully saturated rings. The number of para-hydroxylation sites is 1. The number of nitrogen functional groups attached to an aromatic ring is 1. The van der Waals surface area contributed by atoms with E-state index in [-0.39, 0.29) is 18.3 Å². The van der Waals surface area contributed by atoms with Crippen molar-refractivity contribution in [2.45, 2.75) is 32.2 Å². The molecular formula is C20H23N5O2S. The Kier molecular flexibility index (Phi) is 6.54. The van der Waals surface area contributed by atoms with Gasteiger partial charge in [0.1, 0.15) is 12.4 Å². The second-order valence-electron chi connectivity index (χ2n) is 6.33. The van der Waals surface area contributed by atoms with Gasteiger partial charge in [-0.1, -0.05) is 60.3 Å². The van der Waals surface area contributed by atoms with Crippen molar-refractivity contribution in [1.82, 2.24) is 20.2 Å². The van der Waals surface area contributed by atoms with Crippen LogP contribution in [0.2, 0.25) is 0 Å². The smallest absolute Gasteiger partial charge is 0.230 e. The first kappa shape index (κ1) is 19.8. The number of amides is 1. The van der Waals surface area contributed by atoms with Crippen molar-refractivity contribution < 1.29 is 9.53 Å². The van der Waals surface area contributed by atoms with Crippen LogP contribution in [0.1, 0.15) is 22.5 Å². The maximum absolute atomic E-state index is 12.0. The van der Waals surface area contributed by atoms with Crippen molar-refractivity contribution in [2.24, 2.45) is 0 Å². The van der Waals surface area contributed by atoms with Crippen LogP contribution >= 0.6 is 11.8 Å². The number of thioether (sulfide) groups is 1. The molecule has 0 atom stereocenters. The highest BCUT2D eigenvalue weighted by atomic mass is 32.2. The van der Waals surface area contributed by atoms with Gasteiger partial charge in [-0.25, -0.2) is 4.68 Å². The number of rotatable bonds is 8. The Balaban J connectivity index is 1.51. The van der Waals surface area contributed by atoms with Gasteiger partial charge in [0.15, 0.2) is 5.82 Å². The quantitative estimate of drug-likeness (QED) is 0.448. The molecular weight excluding hydrogens is 374 g/mol. The van der Waals surface area contributed by atoms with Crippen molar-refractivity contribution in [3.05, 3.63) is 71.0 Å². The monoisotopic (exact) mass is 397 g/mol. The molecule has 146 valence electrons. The minimum absolute atomic E-state index is 0.0924. The molecule has 3 N–H and O–H groups in total. The Morgan fingerprint density at radius 2 is 1.82 bits per heavy atom. The Morgan fingerprint density at radius 1 is 1.11 bits per heavy atom. The maximum Gasteiger partial charge on any atom is 0.230 e. The van der Waals surface area contributed by atoms with E-state index in [9.17, 15) is 4.79 Å². The minimum atomic E-state index is -0.0924. The summed E-state index contributed by atoms with van der Waals surface area (Å²) in [5.41, 5.74) is 3.15. The lowest BCUT2D eigenvalue weighted by atomic mass is 10.1. The molecule has 0 aliphatic carbocycles. The number of nitrogens with one attached hydrogen (secondary N) is 1. The van der Waals surface area contributed by atoms with Gasteiger partial charge in [-0.3, -0.25) is 4.79 Å². The fraction of sp³-hybridized carbons (Fsp3) is 0.250. The molecule has 0 saturated heterocycles. The normalized spacial score (nSPS) is 10.6. The topological polar surface area (TPSA) is 95.1 Å². The number of carbonyl (C=O) groups is 1. The van der Waals surface area contributed by atoms with Crippen molar-refractivity contribution >= 4 is 17.7 Å². The standard InChI is InChI=1S/C20H23N5O2S/c1-14-7-6-8-15(2)19(14)27-12-17-23-24-20(25(17)21)28-13-18(26)22-11-16-9-4-3-5-10-16/h3-10H,11-13,21H2,1-2H3,(H,22,26). The van der Waals surface area contributed by atoms with E-state index in [0.29, 0.717) is 17.5 Å². The highest BCUT2D eigenvalue weighted by molar-refractivity contribution is 7.99. The number of nitrogens with two attached hydrogens (primary N) is 1. The molecule has 3 rings (SSSR count). The molecule has 2 aromatic carbocycles. The first-order valence-electron chi connectivity index (χ1n) is 8.86.